The molecule has 8 N–H and O–H groups in total. The Morgan fingerprint density at radius 1 is 0.506 bits per heavy atom. The average molecular weight is 1320 g/mol. The second-order valence-electron chi connectivity index (χ2n) is 25.0. The number of rotatable bonds is 60. The van der Waals surface area contributed by atoms with Crippen LogP contribution < -0.4 is 10.6 Å². The molecule has 2 rings (SSSR count). The molecule has 12 atom stereocenters. The number of amides is 1. The lowest BCUT2D eigenvalue weighted by Crippen LogP contribution is -2.68. The normalized spacial score (nSPS) is 23.3. The summed E-state index contributed by atoms with van der Waals surface area (Å²) in [7, 11) is -7.63. The van der Waals surface area contributed by atoms with E-state index in [0.29, 0.717) is 25.7 Å². The van der Waals surface area contributed by atoms with Crippen molar-refractivity contribution in [2.45, 2.75) is 358 Å². The molecule has 0 spiro atoms. The monoisotopic (exact) mass is 1310 g/mol. The second-order valence-corrected chi connectivity index (χ2v) is 27.4. The first-order chi connectivity index (χ1) is 42.9. The van der Waals surface area contributed by atoms with Crippen molar-refractivity contribution in [1.29, 1.82) is 0 Å². The van der Waals surface area contributed by atoms with Crippen LogP contribution in [0.2, 0.25) is 0 Å². The third-order valence-electron chi connectivity index (χ3n) is 17.0. The molecule has 526 valence electrons. The number of carbonyl (C=O) groups is 2. The summed E-state index contributed by atoms with van der Waals surface area (Å²) in [4.78, 5) is 68.1. The molecule has 2 aliphatic rings. The van der Waals surface area contributed by atoms with Gasteiger partial charge in [-0.2, -0.15) is 0 Å². The maximum absolute atomic E-state index is 13.7. The Balaban J connectivity index is 2.45. The van der Waals surface area contributed by atoms with Crippen LogP contribution in [-0.2, 0) is 60.9 Å². The van der Waals surface area contributed by atoms with E-state index in [0.717, 1.165) is 161 Å². The number of phosphoric acid groups is 2. The molecule has 23 heteroatoms. The van der Waals surface area contributed by atoms with Gasteiger partial charge in [0.05, 0.1) is 31.8 Å². The third kappa shape index (κ3) is 41.3. The minimum absolute atomic E-state index is 0.0386. The summed E-state index contributed by atoms with van der Waals surface area (Å²) in [5.41, 5.74) is 0. The van der Waals surface area contributed by atoms with Crippen molar-refractivity contribution in [3.05, 3.63) is 12.2 Å². The van der Waals surface area contributed by atoms with E-state index < -0.39 is 102 Å². The fourth-order valence-electron chi connectivity index (χ4n) is 11.8. The summed E-state index contributed by atoms with van der Waals surface area (Å²) in [6, 6.07) is -2.72. The highest BCUT2D eigenvalue weighted by Crippen LogP contribution is 2.44. The SMILES string of the molecule is CCCCCCC=CCCCCCCCCCC(O)NC1[C@H](OC[C@H]2O[C@H](OP(=O)(O)O)[C@H](NC(=O)CC(=O)CCCCCCCCCCC)[C@@H](OCCCCCCCCCC)C2O)O[C@H](COC)[C@@H](OP(=O)(O)O)[C@@H]1OCC[C@@H](CCCCCCC)OC. The van der Waals surface area contributed by atoms with Crippen LogP contribution in [0.3, 0.4) is 0 Å². The van der Waals surface area contributed by atoms with Crippen LogP contribution in [0.1, 0.15) is 285 Å². The fourth-order valence-corrected chi connectivity index (χ4v) is 12.8. The van der Waals surface area contributed by atoms with Gasteiger partial charge in [-0.15, -0.1) is 0 Å². The fraction of sp³-hybridized carbons (Fsp3) is 0.939. The summed E-state index contributed by atoms with van der Waals surface area (Å²) < 4.78 is 79.5. The number of hydrogen-bond acceptors (Lipinski definition) is 16. The molecule has 0 radical (unpaired) electrons. The Morgan fingerprint density at radius 3 is 1.51 bits per heavy atom. The van der Waals surface area contributed by atoms with Gasteiger partial charge in [0.25, 0.3) is 0 Å². The summed E-state index contributed by atoms with van der Waals surface area (Å²) in [5.74, 6) is -1.08. The Kier molecular flexibility index (Phi) is 49.8. The first-order valence-corrected chi connectivity index (χ1v) is 38.2. The lowest BCUT2D eigenvalue weighted by molar-refractivity contribution is -0.303. The van der Waals surface area contributed by atoms with Crippen LogP contribution in [0.5, 0.6) is 0 Å². The first-order valence-electron chi connectivity index (χ1n) is 35.1. The molecule has 0 bridgehead atoms. The summed E-state index contributed by atoms with van der Waals surface area (Å²) in [6.07, 6.45) is 29.3. The molecule has 21 nitrogen and oxygen atoms in total. The predicted octanol–water partition coefficient (Wildman–Crippen LogP) is 13.4. The summed E-state index contributed by atoms with van der Waals surface area (Å²) in [6.45, 7) is 8.02. The number of aliphatic hydroxyl groups is 2. The topological polar surface area (TPSA) is 297 Å². The van der Waals surface area contributed by atoms with Gasteiger partial charge in [0.2, 0.25) is 5.91 Å². The van der Waals surface area contributed by atoms with Gasteiger partial charge in [0.15, 0.2) is 12.6 Å². The van der Waals surface area contributed by atoms with Crippen LogP contribution in [0, 0.1) is 0 Å². The predicted molar refractivity (Wildman–Crippen MR) is 348 cm³/mol. The minimum Gasteiger partial charge on any atom is -0.388 e. The molecule has 2 fully saturated rings. The Morgan fingerprint density at radius 2 is 0.978 bits per heavy atom. The van der Waals surface area contributed by atoms with E-state index in [-0.39, 0.29) is 44.5 Å². The van der Waals surface area contributed by atoms with Gasteiger partial charge in [0.1, 0.15) is 54.7 Å². The van der Waals surface area contributed by atoms with Gasteiger partial charge in [-0.3, -0.25) is 24.0 Å². The van der Waals surface area contributed by atoms with E-state index in [1.165, 1.54) is 58.5 Å². The highest BCUT2D eigenvalue weighted by Gasteiger charge is 2.53. The molecular formula is C66H128N2O19P2. The molecule has 0 aromatic rings. The number of ether oxygens (including phenoxy) is 7. The minimum atomic E-state index is -5.38. The molecule has 2 heterocycles. The zero-order valence-corrected chi connectivity index (χ0v) is 57.9. The smallest absolute Gasteiger partial charge is 0.388 e. The molecule has 89 heavy (non-hydrogen) atoms. The van der Waals surface area contributed by atoms with Crippen LogP contribution in [-0.4, -0.2) is 156 Å². The van der Waals surface area contributed by atoms with E-state index in [4.69, 9.17) is 42.2 Å². The quantitative estimate of drug-likeness (QED) is 0.00923. The number of aliphatic hydroxyl groups excluding tert-OH is 2. The second kappa shape index (κ2) is 52.9. The molecule has 0 saturated carbocycles. The Hall–Kier alpha value is -1.30. The maximum atomic E-state index is 13.7. The van der Waals surface area contributed by atoms with Crippen molar-refractivity contribution < 1.29 is 90.7 Å². The number of allylic oxidation sites excluding steroid dienone is 2. The van der Waals surface area contributed by atoms with E-state index in [1.807, 2.05) is 0 Å². The summed E-state index contributed by atoms with van der Waals surface area (Å²) in [5, 5.41) is 29.9. The largest absolute Gasteiger partial charge is 0.472 e. The highest BCUT2D eigenvalue weighted by molar-refractivity contribution is 7.46. The molecule has 0 aromatic carbocycles. The standard InChI is InChI=1S/C66H128N2O19P2/c1-7-11-15-19-22-25-26-27-28-29-30-32-34-38-42-46-57(70)67-60-64(82-49-47-54(80-6)45-41-36-18-14-10-4)62(86-88(73,74)75)56(51-79-5)85-65(60)83-52-55-61(72)63(81-48-43-39-35-24-21-17-13-9-3)59(66(84-55)87-89(76,77)78)68-58(71)50-53(69)44-40-37-33-31-23-20-16-12-8-2/h25-26,54-57,59-67,70,72H,7-24,27-52H2,1-6H3,(H,68,71)(H2,73,74,75)(H2,76,77,78)/t54-,55-,56-,57?,59-,60?,61?,62-,63-,64-,65-,66-/m1/s1. The Labute approximate surface area is 537 Å². The third-order valence-corrected chi connectivity index (χ3v) is 18.0. The molecular weight excluding hydrogens is 1190 g/mol. The molecule has 3 unspecified atom stereocenters. The Bertz CT molecular complexity index is 1850. The average Bonchev–Trinajstić information content (AvgIpc) is 0.966. The lowest BCUT2D eigenvalue weighted by atomic mass is 9.95. The number of phosphoric ester groups is 2. The van der Waals surface area contributed by atoms with Crippen LogP contribution in [0.25, 0.3) is 0 Å². The van der Waals surface area contributed by atoms with Crippen molar-refractivity contribution in [3.63, 3.8) is 0 Å². The number of ketones is 1. The van der Waals surface area contributed by atoms with Gasteiger partial charge >= 0.3 is 15.6 Å². The van der Waals surface area contributed by atoms with Crippen LogP contribution in [0.15, 0.2) is 12.2 Å². The number of hydrogen-bond donors (Lipinski definition) is 8. The first kappa shape index (κ1) is 83.8. The molecule has 2 aliphatic heterocycles. The lowest BCUT2D eigenvalue weighted by Gasteiger charge is -2.48. The van der Waals surface area contributed by atoms with E-state index >= 15 is 0 Å². The van der Waals surface area contributed by atoms with Crippen molar-refractivity contribution in [1.82, 2.24) is 10.6 Å². The zero-order valence-electron chi connectivity index (χ0n) is 56.1. The van der Waals surface area contributed by atoms with Crippen LogP contribution in [0.4, 0.5) is 0 Å². The molecule has 0 aliphatic carbocycles. The zero-order chi connectivity index (χ0) is 65.4. The number of Topliss-reactive ketones (excluding diaryl/α,β-unsaturated/α-hetero) is 1. The van der Waals surface area contributed by atoms with Gasteiger partial charge in [-0.1, -0.05) is 220 Å². The number of methoxy groups -OCH3 is 2. The molecule has 2 saturated heterocycles. The van der Waals surface area contributed by atoms with Gasteiger partial charge < -0.3 is 68.3 Å². The van der Waals surface area contributed by atoms with Crippen molar-refractivity contribution in [2.75, 3.05) is 40.6 Å². The number of nitrogens with one attached hydrogen (secondary N) is 2. The van der Waals surface area contributed by atoms with Crippen molar-refractivity contribution in [3.8, 4) is 0 Å². The molecule has 0 aromatic heterocycles. The van der Waals surface area contributed by atoms with E-state index in [2.05, 4.69) is 50.5 Å². The van der Waals surface area contributed by atoms with E-state index in [9.17, 15) is 48.5 Å². The van der Waals surface area contributed by atoms with Crippen molar-refractivity contribution >= 4 is 27.3 Å². The van der Waals surface area contributed by atoms with Crippen molar-refractivity contribution in [2.24, 2.45) is 0 Å². The summed E-state index contributed by atoms with van der Waals surface area (Å²) >= 11 is 0. The highest BCUT2D eigenvalue weighted by atomic mass is 31.2. The van der Waals surface area contributed by atoms with Gasteiger partial charge in [-0.25, -0.2) is 9.13 Å². The van der Waals surface area contributed by atoms with Gasteiger partial charge in [0, 0.05) is 33.9 Å². The molecule has 1 amide bonds. The number of carbonyl (C=O) groups excluding carboxylic acids is 2. The van der Waals surface area contributed by atoms with E-state index in [1.54, 1.807) is 7.11 Å². The maximum Gasteiger partial charge on any atom is 0.472 e. The van der Waals surface area contributed by atoms with Gasteiger partial charge in [-0.05, 0) is 64.2 Å². The number of unbranched alkanes of at least 4 members (excludes halogenated alkanes) is 30. The van der Waals surface area contributed by atoms with Crippen LogP contribution >= 0.6 is 15.6 Å².